The average molecular weight is 330 g/mol. The fraction of sp³-hybridized carbons (Fsp3) is 0.500. The molecule has 1 N–H and O–H groups in total. The number of aliphatic hydroxyl groups excluding tert-OH is 1. The van der Waals surface area contributed by atoms with Crippen molar-refractivity contribution in [3.8, 4) is 0 Å². The monoisotopic (exact) mass is 329 g/mol. The van der Waals surface area contributed by atoms with Gasteiger partial charge < -0.3 is 10.0 Å². The zero-order chi connectivity index (χ0) is 13.8. The molecule has 19 heavy (non-hydrogen) atoms. The second kappa shape index (κ2) is 6.48. The van der Waals surface area contributed by atoms with Gasteiger partial charge in [-0.05, 0) is 47.0 Å². The first kappa shape index (κ1) is 14.5. The van der Waals surface area contributed by atoms with E-state index in [-0.39, 0.29) is 18.6 Å². The third kappa shape index (κ3) is 3.34. The number of hydrogen-bond donors (Lipinski definition) is 1. The molecule has 1 fully saturated rings. The highest BCUT2D eigenvalue weighted by Gasteiger charge is 2.27. The highest BCUT2D eigenvalue weighted by Crippen LogP contribution is 2.24. The lowest BCUT2D eigenvalue weighted by molar-refractivity contribution is 0.0598. The molecule has 1 unspecified atom stereocenters. The summed E-state index contributed by atoms with van der Waals surface area (Å²) in [6.45, 7) is 0.575. The van der Waals surface area contributed by atoms with Crippen molar-refractivity contribution in [1.29, 1.82) is 0 Å². The molecule has 2 rings (SSSR count). The Kier molecular flexibility index (Phi) is 4.93. The molecule has 1 amide bonds. The Morgan fingerprint density at radius 2 is 2.21 bits per heavy atom. The Hall–Kier alpha value is -0.940. The summed E-state index contributed by atoms with van der Waals surface area (Å²) in [6.07, 6.45) is 3.80. The van der Waals surface area contributed by atoms with E-state index in [1.807, 2.05) is 0 Å². The number of amides is 1. The van der Waals surface area contributed by atoms with Crippen LogP contribution in [0.3, 0.4) is 0 Å². The predicted molar refractivity (Wildman–Crippen MR) is 74.5 cm³/mol. The minimum Gasteiger partial charge on any atom is -0.394 e. The van der Waals surface area contributed by atoms with E-state index in [9.17, 15) is 14.3 Å². The van der Waals surface area contributed by atoms with Crippen LogP contribution in [0.4, 0.5) is 4.39 Å². The average Bonchev–Trinajstić information content (AvgIpc) is 2.65. The van der Waals surface area contributed by atoms with E-state index >= 15 is 0 Å². The second-order valence-electron chi connectivity index (χ2n) is 4.81. The van der Waals surface area contributed by atoms with Crippen molar-refractivity contribution in [1.82, 2.24) is 4.90 Å². The van der Waals surface area contributed by atoms with Gasteiger partial charge in [0.1, 0.15) is 5.82 Å². The van der Waals surface area contributed by atoms with Crippen molar-refractivity contribution in [2.75, 3.05) is 13.2 Å². The third-order valence-electron chi connectivity index (χ3n) is 3.51. The van der Waals surface area contributed by atoms with Crippen molar-refractivity contribution in [3.63, 3.8) is 0 Å². The van der Waals surface area contributed by atoms with E-state index < -0.39 is 5.82 Å². The highest BCUT2D eigenvalue weighted by molar-refractivity contribution is 9.10. The Morgan fingerprint density at radius 3 is 2.95 bits per heavy atom. The smallest absolute Gasteiger partial charge is 0.255 e. The quantitative estimate of drug-likeness (QED) is 0.906. The fourth-order valence-corrected chi connectivity index (χ4v) is 2.87. The lowest BCUT2D eigenvalue weighted by atomic mass is 10.1. The van der Waals surface area contributed by atoms with E-state index in [1.165, 1.54) is 18.2 Å². The summed E-state index contributed by atoms with van der Waals surface area (Å²) in [5, 5.41) is 9.43. The SMILES string of the molecule is O=C(c1cc(F)ccc1Br)N1CCCCCC1CO. The number of aliphatic hydroxyl groups is 1. The highest BCUT2D eigenvalue weighted by atomic mass is 79.9. The molecule has 0 radical (unpaired) electrons. The number of benzene rings is 1. The van der Waals surface area contributed by atoms with Gasteiger partial charge in [-0.2, -0.15) is 0 Å². The molecule has 3 nitrogen and oxygen atoms in total. The number of rotatable bonds is 2. The molecule has 0 saturated carbocycles. The zero-order valence-electron chi connectivity index (χ0n) is 10.6. The third-order valence-corrected chi connectivity index (χ3v) is 4.20. The molecule has 1 saturated heterocycles. The van der Waals surface area contributed by atoms with E-state index in [0.717, 1.165) is 25.7 Å². The van der Waals surface area contributed by atoms with Gasteiger partial charge in [-0.1, -0.05) is 12.8 Å². The van der Waals surface area contributed by atoms with Crippen LogP contribution in [0.5, 0.6) is 0 Å². The normalized spacial score (nSPS) is 20.2. The van der Waals surface area contributed by atoms with Gasteiger partial charge in [0, 0.05) is 11.0 Å². The molecular weight excluding hydrogens is 313 g/mol. The molecule has 5 heteroatoms. The van der Waals surface area contributed by atoms with Crippen LogP contribution in [0.25, 0.3) is 0 Å². The Morgan fingerprint density at radius 1 is 1.42 bits per heavy atom. The first-order valence-corrected chi connectivity index (χ1v) is 7.29. The molecule has 104 valence electrons. The van der Waals surface area contributed by atoms with Gasteiger partial charge in [0.15, 0.2) is 0 Å². The molecule has 0 aliphatic carbocycles. The first-order valence-electron chi connectivity index (χ1n) is 6.50. The molecule has 1 aliphatic rings. The van der Waals surface area contributed by atoms with Crippen LogP contribution in [-0.2, 0) is 0 Å². The lowest BCUT2D eigenvalue weighted by Crippen LogP contribution is -2.42. The van der Waals surface area contributed by atoms with Gasteiger partial charge in [0.2, 0.25) is 0 Å². The van der Waals surface area contributed by atoms with Crippen LogP contribution in [-0.4, -0.2) is 35.1 Å². The van der Waals surface area contributed by atoms with Crippen molar-refractivity contribution in [2.45, 2.75) is 31.7 Å². The van der Waals surface area contributed by atoms with E-state index in [2.05, 4.69) is 15.9 Å². The largest absolute Gasteiger partial charge is 0.394 e. The van der Waals surface area contributed by atoms with Crippen molar-refractivity contribution in [3.05, 3.63) is 34.1 Å². The van der Waals surface area contributed by atoms with Crippen LogP contribution in [0.15, 0.2) is 22.7 Å². The maximum atomic E-state index is 13.3. The van der Waals surface area contributed by atoms with Gasteiger partial charge in [0.25, 0.3) is 5.91 Å². The molecule has 1 aromatic carbocycles. The van der Waals surface area contributed by atoms with Crippen molar-refractivity contribution < 1.29 is 14.3 Å². The summed E-state index contributed by atoms with van der Waals surface area (Å²) < 4.78 is 13.9. The van der Waals surface area contributed by atoms with Crippen LogP contribution < -0.4 is 0 Å². The maximum absolute atomic E-state index is 13.3. The van der Waals surface area contributed by atoms with Crippen molar-refractivity contribution >= 4 is 21.8 Å². The molecule has 0 spiro atoms. The van der Waals surface area contributed by atoms with Gasteiger partial charge >= 0.3 is 0 Å². The first-order chi connectivity index (χ1) is 9.13. The fourth-order valence-electron chi connectivity index (χ4n) is 2.45. The number of carbonyl (C=O) groups excluding carboxylic acids is 1. The number of likely N-dealkylation sites (tertiary alicyclic amines) is 1. The number of hydrogen-bond acceptors (Lipinski definition) is 2. The summed E-state index contributed by atoms with van der Waals surface area (Å²) in [5.41, 5.74) is 0.320. The van der Waals surface area contributed by atoms with Gasteiger partial charge in [-0.25, -0.2) is 4.39 Å². The number of halogens is 2. The minimum atomic E-state index is -0.429. The number of carbonyl (C=O) groups is 1. The van der Waals surface area contributed by atoms with E-state index in [4.69, 9.17) is 0 Å². The van der Waals surface area contributed by atoms with Crippen LogP contribution in [0.2, 0.25) is 0 Å². The van der Waals surface area contributed by atoms with Crippen LogP contribution in [0.1, 0.15) is 36.0 Å². The second-order valence-corrected chi connectivity index (χ2v) is 5.66. The summed E-state index contributed by atoms with van der Waals surface area (Å²) in [4.78, 5) is 14.2. The van der Waals surface area contributed by atoms with Gasteiger partial charge in [0.05, 0.1) is 18.2 Å². The zero-order valence-corrected chi connectivity index (χ0v) is 12.2. The molecule has 0 bridgehead atoms. The Balaban J connectivity index is 2.27. The molecule has 1 atom stereocenters. The van der Waals surface area contributed by atoms with E-state index in [0.29, 0.717) is 16.6 Å². The molecule has 0 aromatic heterocycles. The van der Waals surface area contributed by atoms with Crippen LogP contribution >= 0.6 is 15.9 Å². The Labute approximate surface area is 120 Å². The minimum absolute atomic E-state index is 0.0430. The molecule has 1 aliphatic heterocycles. The molecule has 1 aromatic rings. The molecular formula is C14H17BrFNO2. The molecule has 1 heterocycles. The van der Waals surface area contributed by atoms with Crippen molar-refractivity contribution in [2.24, 2.45) is 0 Å². The van der Waals surface area contributed by atoms with E-state index in [1.54, 1.807) is 4.90 Å². The van der Waals surface area contributed by atoms with Gasteiger partial charge in [-0.15, -0.1) is 0 Å². The lowest BCUT2D eigenvalue weighted by Gasteiger charge is -2.29. The topological polar surface area (TPSA) is 40.5 Å². The standard InChI is InChI=1S/C14H17BrFNO2/c15-13-6-5-10(16)8-12(13)14(19)17-7-3-1-2-4-11(17)9-18/h5-6,8,11,18H,1-4,7,9H2. The summed E-state index contributed by atoms with van der Waals surface area (Å²) in [5.74, 6) is -0.644. The number of nitrogens with zero attached hydrogens (tertiary/aromatic N) is 1. The maximum Gasteiger partial charge on any atom is 0.255 e. The summed E-state index contributed by atoms with van der Waals surface area (Å²) in [7, 11) is 0. The Bertz CT molecular complexity index is 467. The van der Waals surface area contributed by atoms with Crippen LogP contribution in [0, 0.1) is 5.82 Å². The van der Waals surface area contributed by atoms with Gasteiger partial charge in [-0.3, -0.25) is 4.79 Å². The summed E-state index contributed by atoms with van der Waals surface area (Å²) >= 11 is 3.28. The summed E-state index contributed by atoms with van der Waals surface area (Å²) in [6, 6.07) is 3.93. The predicted octanol–water partition coefficient (Wildman–Crippen LogP) is 2.97.